The number of aromatic nitrogens is 3. The SMILES string of the molecule is Cc1cc2c(NCCN3CCC(C)CC3)nccn2n1. The molecule has 0 spiro atoms. The van der Waals surface area contributed by atoms with Gasteiger partial charge in [-0.2, -0.15) is 5.10 Å². The molecule has 2 aromatic rings. The van der Waals surface area contributed by atoms with Gasteiger partial charge in [0.2, 0.25) is 0 Å². The number of rotatable bonds is 4. The molecule has 0 bridgehead atoms. The van der Waals surface area contributed by atoms with Crippen LogP contribution in [-0.4, -0.2) is 45.7 Å². The molecule has 0 unspecified atom stereocenters. The van der Waals surface area contributed by atoms with E-state index in [1.165, 1.54) is 25.9 Å². The van der Waals surface area contributed by atoms with Crippen molar-refractivity contribution >= 4 is 11.3 Å². The van der Waals surface area contributed by atoms with E-state index in [9.17, 15) is 0 Å². The summed E-state index contributed by atoms with van der Waals surface area (Å²) in [7, 11) is 0. The third-order valence-electron chi connectivity index (χ3n) is 4.11. The van der Waals surface area contributed by atoms with E-state index >= 15 is 0 Å². The molecule has 2 aromatic heterocycles. The Labute approximate surface area is 120 Å². The Bertz CT molecular complexity index is 569. The third kappa shape index (κ3) is 2.93. The van der Waals surface area contributed by atoms with Gasteiger partial charge in [0.05, 0.1) is 5.69 Å². The van der Waals surface area contributed by atoms with Crippen LogP contribution in [0.1, 0.15) is 25.5 Å². The van der Waals surface area contributed by atoms with Crippen LogP contribution in [0.2, 0.25) is 0 Å². The number of anilines is 1. The molecule has 1 aliphatic rings. The molecule has 3 rings (SSSR count). The van der Waals surface area contributed by atoms with Gasteiger partial charge < -0.3 is 10.2 Å². The lowest BCUT2D eigenvalue weighted by atomic mass is 9.99. The average Bonchev–Trinajstić information content (AvgIpc) is 2.82. The van der Waals surface area contributed by atoms with Crippen LogP contribution >= 0.6 is 0 Å². The van der Waals surface area contributed by atoms with Crippen molar-refractivity contribution in [2.75, 3.05) is 31.5 Å². The van der Waals surface area contributed by atoms with Crippen LogP contribution in [0, 0.1) is 12.8 Å². The fraction of sp³-hybridized carbons (Fsp3) is 0.600. The molecule has 5 nitrogen and oxygen atoms in total. The van der Waals surface area contributed by atoms with Crippen molar-refractivity contribution in [2.45, 2.75) is 26.7 Å². The maximum absolute atomic E-state index is 4.42. The molecule has 1 fully saturated rings. The summed E-state index contributed by atoms with van der Waals surface area (Å²) in [6, 6.07) is 2.07. The Morgan fingerprint density at radius 2 is 2.15 bits per heavy atom. The van der Waals surface area contributed by atoms with E-state index in [-0.39, 0.29) is 0 Å². The van der Waals surface area contributed by atoms with E-state index in [0.717, 1.165) is 36.0 Å². The lowest BCUT2D eigenvalue weighted by molar-refractivity contribution is 0.199. The van der Waals surface area contributed by atoms with E-state index in [2.05, 4.69) is 33.3 Å². The van der Waals surface area contributed by atoms with Gasteiger partial charge in [0.15, 0.2) is 5.82 Å². The maximum atomic E-state index is 4.42. The van der Waals surface area contributed by atoms with E-state index in [1.54, 1.807) is 6.20 Å². The number of piperidine rings is 1. The zero-order valence-electron chi connectivity index (χ0n) is 12.3. The second-order valence-corrected chi connectivity index (χ2v) is 5.84. The van der Waals surface area contributed by atoms with Gasteiger partial charge in [0.1, 0.15) is 5.52 Å². The molecule has 3 heterocycles. The van der Waals surface area contributed by atoms with E-state index in [4.69, 9.17) is 0 Å². The number of nitrogens with one attached hydrogen (secondary N) is 1. The van der Waals surface area contributed by atoms with Crippen molar-refractivity contribution in [3.63, 3.8) is 0 Å². The van der Waals surface area contributed by atoms with Crippen molar-refractivity contribution in [3.05, 3.63) is 24.2 Å². The van der Waals surface area contributed by atoms with Crippen LogP contribution in [0.15, 0.2) is 18.5 Å². The first-order valence-corrected chi connectivity index (χ1v) is 7.49. The number of fused-ring (bicyclic) bond motifs is 1. The highest BCUT2D eigenvalue weighted by atomic mass is 15.2. The van der Waals surface area contributed by atoms with Gasteiger partial charge in [-0.3, -0.25) is 0 Å². The van der Waals surface area contributed by atoms with Crippen molar-refractivity contribution in [1.82, 2.24) is 19.5 Å². The average molecular weight is 273 g/mol. The largest absolute Gasteiger partial charge is 0.367 e. The molecular weight excluding hydrogens is 250 g/mol. The predicted molar refractivity (Wildman–Crippen MR) is 81.1 cm³/mol. The van der Waals surface area contributed by atoms with E-state index in [0.29, 0.717) is 0 Å². The monoisotopic (exact) mass is 273 g/mol. The van der Waals surface area contributed by atoms with Crippen LogP contribution in [0.5, 0.6) is 0 Å². The fourth-order valence-electron chi connectivity index (χ4n) is 2.80. The Morgan fingerprint density at radius 3 is 2.95 bits per heavy atom. The Kier molecular flexibility index (Phi) is 3.87. The Morgan fingerprint density at radius 1 is 1.35 bits per heavy atom. The summed E-state index contributed by atoms with van der Waals surface area (Å²) < 4.78 is 1.88. The van der Waals surface area contributed by atoms with Crippen molar-refractivity contribution < 1.29 is 0 Å². The van der Waals surface area contributed by atoms with Gasteiger partial charge in [-0.15, -0.1) is 0 Å². The van der Waals surface area contributed by atoms with Gasteiger partial charge in [-0.1, -0.05) is 6.92 Å². The molecule has 0 amide bonds. The summed E-state index contributed by atoms with van der Waals surface area (Å²) in [4.78, 5) is 6.96. The van der Waals surface area contributed by atoms with Gasteiger partial charge in [-0.25, -0.2) is 9.50 Å². The van der Waals surface area contributed by atoms with Crippen LogP contribution < -0.4 is 5.32 Å². The zero-order chi connectivity index (χ0) is 13.9. The molecule has 0 radical (unpaired) electrons. The zero-order valence-corrected chi connectivity index (χ0v) is 12.3. The minimum Gasteiger partial charge on any atom is -0.367 e. The summed E-state index contributed by atoms with van der Waals surface area (Å²) in [6.07, 6.45) is 6.34. The molecule has 1 aliphatic heterocycles. The molecule has 20 heavy (non-hydrogen) atoms. The van der Waals surface area contributed by atoms with Gasteiger partial charge >= 0.3 is 0 Å². The van der Waals surface area contributed by atoms with Crippen LogP contribution in [-0.2, 0) is 0 Å². The first-order valence-electron chi connectivity index (χ1n) is 7.49. The van der Waals surface area contributed by atoms with Crippen molar-refractivity contribution in [2.24, 2.45) is 5.92 Å². The van der Waals surface area contributed by atoms with Crippen LogP contribution in [0.3, 0.4) is 0 Å². The fourth-order valence-corrected chi connectivity index (χ4v) is 2.80. The highest BCUT2D eigenvalue weighted by Gasteiger charge is 2.15. The van der Waals surface area contributed by atoms with Gasteiger partial charge in [0.25, 0.3) is 0 Å². The molecule has 0 aromatic carbocycles. The number of hydrogen-bond acceptors (Lipinski definition) is 4. The van der Waals surface area contributed by atoms with Crippen molar-refractivity contribution in [3.8, 4) is 0 Å². The molecule has 108 valence electrons. The topological polar surface area (TPSA) is 45.5 Å². The van der Waals surface area contributed by atoms with E-state index in [1.807, 2.05) is 17.6 Å². The van der Waals surface area contributed by atoms with Gasteiger partial charge in [-0.05, 0) is 44.8 Å². The van der Waals surface area contributed by atoms with Crippen LogP contribution in [0.25, 0.3) is 5.52 Å². The van der Waals surface area contributed by atoms with Crippen molar-refractivity contribution in [1.29, 1.82) is 0 Å². The highest BCUT2D eigenvalue weighted by molar-refractivity contribution is 5.67. The summed E-state index contributed by atoms with van der Waals surface area (Å²) in [5, 5.41) is 7.85. The Balaban J connectivity index is 1.57. The minimum atomic E-state index is 0.893. The summed E-state index contributed by atoms with van der Waals surface area (Å²) in [6.45, 7) is 8.83. The quantitative estimate of drug-likeness (QED) is 0.927. The smallest absolute Gasteiger partial charge is 0.152 e. The maximum Gasteiger partial charge on any atom is 0.152 e. The molecule has 1 N–H and O–H groups in total. The second kappa shape index (κ2) is 5.79. The third-order valence-corrected chi connectivity index (χ3v) is 4.11. The van der Waals surface area contributed by atoms with Crippen LogP contribution in [0.4, 0.5) is 5.82 Å². The highest BCUT2D eigenvalue weighted by Crippen LogP contribution is 2.16. The Hall–Kier alpha value is -1.62. The summed E-state index contributed by atoms with van der Waals surface area (Å²) in [5.41, 5.74) is 2.07. The number of aryl methyl sites for hydroxylation is 1. The standard InChI is InChI=1S/C15H23N5/c1-12-3-7-19(8-4-12)9-5-16-15-14-11-13(2)18-20(14)10-6-17-15/h6,10-12H,3-5,7-9H2,1-2H3,(H,16,17). The normalized spacial score (nSPS) is 17.7. The summed E-state index contributed by atoms with van der Waals surface area (Å²) >= 11 is 0. The summed E-state index contributed by atoms with van der Waals surface area (Å²) in [5.74, 6) is 1.82. The molecule has 1 saturated heterocycles. The number of likely N-dealkylation sites (tertiary alicyclic amines) is 1. The van der Waals surface area contributed by atoms with E-state index < -0.39 is 0 Å². The second-order valence-electron chi connectivity index (χ2n) is 5.84. The first kappa shape index (κ1) is 13.4. The number of nitrogens with zero attached hydrogens (tertiary/aromatic N) is 4. The minimum absolute atomic E-state index is 0.893. The van der Waals surface area contributed by atoms with Gasteiger partial charge in [0, 0.05) is 25.5 Å². The number of hydrogen-bond donors (Lipinski definition) is 1. The molecule has 0 saturated carbocycles. The predicted octanol–water partition coefficient (Wildman–Crippen LogP) is 2.18. The lowest BCUT2D eigenvalue weighted by Crippen LogP contribution is -2.36. The molecular formula is C15H23N5. The molecule has 5 heteroatoms. The molecule has 0 aliphatic carbocycles. The lowest BCUT2D eigenvalue weighted by Gasteiger charge is -2.30. The first-order chi connectivity index (χ1) is 9.72. The molecule has 0 atom stereocenters.